The van der Waals surface area contributed by atoms with Crippen LogP contribution in [0.1, 0.15) is 23.0 Å². The summed E-state index contributed by atoms with van der Waals surface area (Å²) in [5, 5.41) is 3.40. The summed E-state index contributed by atoms with van der Waals surface area (Å²) in [5.74, 6) is -0.368. The molecule has 0 bridgehead atoms. The maximum atomic E-state index is 12.6. The first-order valence-electron chi connectivity index (χ1n) is 8.50. The van der Waals surface area contributed by atoms with Gasteiger partial charge in [-0.05, 0) is 38.1 Å². The zero-order chi connectivity index (χ0) is 19.4. The number of methoxy groups -OCH3 is 1. The van der Waals surface area contributed by atoms with Gasteiger partial charge in [-0.3, -0.25) is 9.78 Å². The lowest BCUT2D eigenvalue weighted by Gasteiger charge is -2.15. The molecule has 0 saturated heterocycles. The molecule has 3 aromatic rings. The molecule has 0 aliphatic rings. The molecule has 6 nitrogen and oxygen atoms in total. The third-order valence-corrected chi connectivity index (χ3v) is 4.05. The molecule has 3 rings (SSSR count). The van der Waals surface area contributed by atoms with E-state index in [9.17, 15) is 9.59 Å². The summed E-state index contributed by atoms with van der Waals surface area (Å²) in [6.45, 7) is 3.34. The Morgan fingerprint density at radius 3 is 2.63 bits per heavy atom. The average molecular weight is 364 g/mol. The number of hydrogen-bond donors (Lipinski definition) is 1. The highest BCUT2D eigenvalue weighted by atomic mass is 16.5. The molecule has 0 fully saturated rings. The number of aryl methyl sites for hydroxylation is 1. The number of nitrogens with one attached hydrogen (secondary N) is 1. The molecule has 27 heavy (non-hydrogen) atoms. The van der Waals surface area contributed by atoms with Gasteiger partial charge in [0.1, 0.15) is 5.75 Å². The van der Waals surface area contributed by atoms with Crippen LogP contribution in [0.25, 0.3) is 10.9 Å². The topological polar surface area (TPSA) is 77.5 Å². The van der Waals surface area contributed by atoms with Crippen molar-refractivity contribution >= 4 is 28.5 Å². The van der Waals surface area contributed by atoms with Crippen LogP contribution in [0.3, 0.4) is 0 Å². The van der Waals surface area contributed by atoms with Crippen LogP contribution < -0.4 is 10.1 Å². The van der Waals surface area contributed by atoms with Gasteiger partial charge in [0, 0.05) is 22.8 Å². The molecule has 6 heteroatoms. The number of aromatic nitrogens is 1. The van der Waals surface area contributed by atoms with E-state index in [0.717, 1.165) is 0 Å². The maximum absolute atomic E-state index is 12.6. The standard InChI is InChI=1S/C21H20N2O4/c1-13-11-18(17-9-4-5-10-19(17)22-13)21(25)27-14(2)20(24)23-15-7-6-8-16(12-15)26-3/h4-12,14H,1-3H3,(H,23,24)/t14-/m1/s1. The summed E-state index contributed by atoms with van der Waals surface area (Å²) in [5.41, 5.74) is 2.36. The van der Waals surface area contributed by atoms with Crippen LogP contribution in [-0.2, 0) is 9.53 Å². The first-order chi connectivity index (χ1) is 13.0. The maximum Gasteiger partial charge on any atom is 0.339 e. The van der Waals surface area contributed by atoms with Gasteiger partial charge in [-0.25, -0.2) is 4.79 Å². The Balaban J connectivity index is 1.74. The highest BCUT2D eigenvalue weighted by Gasteiger charge is 2.21. The Kier molecular flexibility index (Phi) is 5.35. The fraction of sp³-hybridized carbons (Fsp3) is 0.190. The molecule has 0 unspecified atom stereocenters. The minimum Gasteiger partial charge on any atom is -0.497 e. The van der Waals surface area contributed by atoms with Crippen LogP contribution in [-0.4, -0.2) is 30.1 Å². The van der Waals surface area contributed by atoms with E-state index in [1.54, 1.807) is 43.5 Å². The summed E-state index contributed by atoms with van der Waals surface area (Å²) in [7, 11) is 1.55. The van der Waals surface area contributed by atoms with E-state index >= 15 is 0 Å². The van der Waals surface area contributed by atoms with Crippen LogP contribution >= 0.6 is 0 Å². The fourth-order valence-corrected chi connectivity index (χ4v) is 2.70. The molecule has 1 heterocycles. The second-order valence-corrected chi connectivity index (χ2v) is 6.10. The normalized spacial score (nSPS) is 11.7. The molecule has 0 radical (unpaired) electrons. The van der Waals surface area contributed by atoms with Crippen molar-refractivity contribution in [1.82, 2.24) is 4.98 Å². The predicted molar refractivity (Wildman–Crippen MR) is 103 cm³/mol. The third kappa shape index (κ3) is 4.23. The van der Waals surface area contributed by atoms with Gasteiger partial charge < -0.3 is 14.8 Å². The highest BCUT2D eigenvalue weighted by Crippen LogP contribution is 2.20. The van der Waals surface area contributed by atoms with Gasteiger partial charge in [-0.2, -0.15) is 0 Å². The van der Waals surface area contributed by atoms with Gasteiger partial charge >= 0.3 is 5.97 Å². The van der Waals surface area contributed by atoms with Gasteiger partial charge in [0.2, 0.25) is 0 Å². The monoisotopic (exact) mass is 364 g/mol. The first-order valence-corrected chi connectivity index (χ1v) is 8.50. The van der Waals surface area contributed by atoms with Crippen LogP contribution in [0.4, 0.5) is 5.69 Å². The predicted octanol–water partition coefficient (Wildman–Crippen LogP) is 3.74. The number of rotatable bonds is 5. The Labute approximate surface area is 157 Å². The Hall–Kier alpha value is -3.41. The fourth-order valence-electron chi connectivity index (χ4n) is 2.70. The van der Waals surface area contributed by atoms with E-state index < -0.39 is 18.0 Å². The number of esters is 1. The summed E-state index contributed by atoms with van der Waals surface area (Å²) in [4.78, 5) is 29.4. The van der Waals surface area contributed by atoms with Gasteiger partial charge in [-0.15, -0.1) is 0 Å². The van der Waals surface area contributed by atoms with Crippen molar-refractivity contribution in [2.24, 2.45) is 0 Å². The molecule has 1 amide bonds. The van der Waals surface area contributed by atoms with Crippen LogP contribution in [0.15, 0.2) is 54.6 Å². The number of nitrogens with zero attached hydrogens (tertiary/aromatic N) is 1. The lowest BCUT2D eigenvalue weighted by Crippen LogP contribution is -2.30. The second kappa shape index (κ2) is 7.86. The van der Waals surface area contributed by atoms with Crippen LogP contribution in [0, 0.1) is 6.92 Å². The Bertz CT molecular complexity index is 1000. The van der Waals surface area contributed by atoms with Crippen molar-refractivity contribution in [3.63, 3.8) is 0 Å². The lowest BCUT2D eigenvalue weighted by molar-refractivity contribution is -0.123. The van der Waals surface area contributed by atoms with E-state index in [0.29, 0.717) is 33.6 Å². The van der Waals surface area contributed by atoms with Crippen molar-refractivity contribution in [1.29, 1.82) is 0 Å². The molecule has 0 saturated carbocycles. The average Bonchev–Trinajstić information content (AvgIpc) is 2.67. The zero-order valence-corrected chi connectivity index (χ0v) is 15.4. The van der Waals surface area contributed by atoms with Crippen molar-refractivity contribution in [3.8, 4) is 5.75 Å². The van der Waals surface area contributed by atoms with Crippen molar-refractivity contribution in [2.45, 2.75) is 20.0 Å². The summed E-state index contributed by atoms with van der Waals surface area (Å²) in [6, 6.07) is 15.9. The molecule has 0 spiro atoms. The quantitative estimate of drug-likeness (QED) is 0.698. The van der Waals surface area contributed by atoms with E-state index in [-0.39, 0.29) is 0 Å². The molecule has 0 aliphatic heterocycles. The summed E-state index contributed by atoms with van der Waals surface area (Å²) >= 11 is 0. The number of carbonyl (C=O) groups is 2. The Morgan fingerprint density at radius 2 is 1.85 bits per heavy atom. The van der Waals surface area contributed by atoms with E-state index in [4.69, 9.17) is 9.47 Å². The van der Waals surface area contributed by atoms with Crippen LogP contribution in [0.5, 0.6) is 5.75 Å². The lowest BCUT2D eigenvalue weighted by atomic mass is 10.1. The van der Waals surface area contributed by atoms with Gasteiger partial charge in [0.25, 0.3) is 5.91 Å². The molecule has 0 aliphatic carbocycles. The third-order valence-electron chi connectivity index (χ3n) is 4.05. The molecule has 138 valence electrons. The van der Waals surface area contributed by atoms with Crippen molar-refractivity contribution in [3.05, 3.63) is 65.9 Å². The smallest absolute Gasteiger partial charge is 0.339 e. The zero-order valence-electron chi connectivity index (χ0n) is 15.4. The molecule has 1 N–H and O–H groups in total. The number of pyridine rings is 1. The second-order valence-electron chi connectivity index (χ2n) is 6.10. The summed E-state index contributed by atoms with van der Waals surface area (Å²) in [6.07, 6.45) is -0.962. The number of para-hydroxylation sites is 1. The number of amides is 1. The van der Waals surface area contributed by atoms with E-state index in [1.807, 2.05) is 25.1 Å². The SMILES string of the molecule is COc1cccc(NC(=O)[C@@H](C)OC(=O)c2cc(C)nc3ccccc23)c1. The van der Waals surface area contributed by atoms with Crippen LogP contribution in [0.2, 0.25) is 0 Å². The molecule has 2 aromatic carbocycles. The largest absolute Gasteiger partial charge is 0.497 e. The molecule has 1 aromatic heterocycles. The summed E-state index contributed by atoms with van der Waals surface area (Å²) < 4.78 is 10.5. The number of benzene rings is 2. The van der Waals surface area contributed by atoms with Crippen molar-refractivity contribution < 1.29 is 19.1 Å². The number of carbonyl (C=O) groups excluding carboxylic acids is 2. The Morgan fingerprint density at radius 1 is 1.07 bits per heavy atom. The minimum atomic E-state index is -0.962. The number of hydrogen-bond acceptors (Lipinski definition) is 5. The molecule has 1 atom stereocenters. The van der Waals surface area contributed by atoms with Gasteiger partial charge in [-0.1, -0.05) is 24.3 Å². The highest BCUT2D eigenvalue weighted by molar-refractivity contribution is 6.05. The van der Waals surface area contributed by atoms with E-state index in [2.05, 4.69) is 10.3 Å². The first kappa shape index (κ1) is 18.4. The number of fused-ring (bicyclic) bond motifs is 1. The van der Waals surface area contributed by atoms with Crippen molar-refractivity contribution in [2.75, 3.05) is 12.4 Å². The molecular formula is C21H20N2O4. The minimum absolute atomic E-state index is 0.388. The van der Waals surface area contributed by atoms with Gasteiger partial charge in [0.15, 0.2) is 6.10 Å². The van der Waals surface area contributed by atoms with Gasteiger partial charge in [0.05, 0.1) is 18.2 Å². The number of ether oxygens (including phenoxy) is 2. The van der Waals surface area contributed by atoms with E-state index in [1.165, 1.54) is 6.92 Å². The number of anilines is 1. The molecular weight excluding hydrogens is 344 g/mol.